The molecule has 4 nitrogen and oxygen atoms in total. The summed E-state index contributed by atoms with van der Waals surface area (Å²) in [5, 5.41) is 3.37. The summed E-state index contributed by atoms with van der Waals surface area (Å²) in [5.41, 5.74) is 2.27. The number of hydrogen-bond donors (Lipinski definition) is 1. The first-order valence-electron chi connectivity index (χ1n) is 7.24. The quantitative estimate of drug-likeness (QED) is 0.801. The highest BCUT2D eigenvalue weighted by Crippen LogP contribution is 2.35. The van der Waals surface area contributed by atoms with Crippen LogP contribution in [0.25, 0.3) is 0 Å². The van der Waals surface area contributed by atoms with Crippen molar-refractivity contribution in [3.63, 3.8) is 0 Å². The van der Waals surface area contributed by atoms with Gasteiger partial charge in [-0.3, -0.25) is 0 Å². The topological polar surface area (TPSA) is 31.4 Å². The molecule has 1 fully saturated rings. The van der Waals surface area contributed by atoms with E-state index in [2.05, 4.69) is 77.2 Å². The van der Waals surface area contributed by atoms with E-state index in [9.17, 15) is 0 Å². The highest BCUT2D eigenvalue weighted by molar-refractivity contribution is 9.11. The van der Waals surface area contributed by atoms with Gasteiger partial charge in [-0.25, -0.2) is 4.98 Å². The minimum atomic E-state index is 0.833. The lowest BCUT2D eigenvalue weighted by Gasteiger charge is -2.34. The van der Waals surface area contributed by atoms with Crippen molar-refractivity contribution in [3.8, 4) is 0 Å². The van der Waals surface area contributed by atoms with E-state index in [1.165, 1.54) is 5.69 Å². The van der Waals surface area contributed by atoms with Crippen molar-refractivity contribution in [2.75, 3.05) is 43.4 Å². The SMILES string of the molecule is CN1CCN(c2cccc(Nc3ccc(Br)cn3)c2Br)CC1. The summed E-state index contributed by atoms with van der Waals surface area (Å²) in [5.74, 6) is 0.833. The second kappa shape index (κ2) is 6.98. The van der Waals surface area contributed by atoms with Gasteiger partial charge in [0.25, 0.3) is 0 Å². The lowest BCUT2D eigenvalue weighted by Crippen LogP contribution is -2.44. The number of hydrogen-bond acceptors (Lipinski definition) is 4. The molecule has 6 heteroatoms. The van der Waals surface area contributed by atoms with Crippen molar-refractivity contribution in [3.05, 3.63) is 45.5 Å². The number of aromatic nitrogens is 1. The maximum Gasteiger partial charge on any atom is 0.130 e. The van der Waals surface area contributed by atoms with Gasteiger partial charge in [0.15, 0.2) is 0 Å². The minimum absolute atomic E-state index is 0.833. The molecule has 3 rings (SSSR count). The van der Waals surface area contributed by atoms with E-state index in [4.69, 9.17) is 0 Å². The van der Waals surface area contributed by atoms with Crippen LogP contribution in [0.4, 0.5) is 17.2 Å². The van der Waals surface area contributed by atoms with Crippen molar-refractivity contribution < 1.29 is 0 Å². The second-order valence-corrected chi connectivity index (χ2v) is 7.12. The monoisotopic (exact) mass is 424 g/mol. The molecule has 0 amide bonds. The number of nitrogens with one attached hydrogen (secondary N) is 1. The molecule has 0 radical (unpaired) electrons. The first-order valence-corrected chi connectivity index (χ1v) is 8.82. The van der Waals surface area contributed by atoms with Crippen LogP contribution in [-0.2, 0) is 0 Å². The third kappa shape index (κ3) is 3.62. The van der Waals surface area contributed by atoms with Crippen LogP contribution in [0.3, 0.4) is 0 Å². The fraction of sp³-hybridized carbons (Fsp3) is 0.312. The number of rotatable bonds is 3. The molecule has 1 N–H and O–H groups in total. The molecule has 1 aromatic heterocycles. The van der Waals surface area contributed by atoms with Crippen molar-refractivity contribution in [2.45, 2.75) is 0 Å². The summed E-state index contributed by atoms with van der Waals surface area (Å²) in [6, 6.07) is 10.2. The van der Waals surface area contributed by atoms with E-state index in [1.807, 2.05) is 12.1 Å². The Bertz CT molecular complexity index is 637. The molecular weight excluding hydrogens is 408 g/mol. The molecule has 0 unspecified atom stereocenters. The minimum Gasteiger partial charge on any atom is -0.368 e. The Kier molecular flexibility index (Phi) is 5.00. The van der Waals surface area contributed by atoms with Gasteiger partial charge in [-0.2, -0.15) is 0 Å². The maximum atomic E-state index is 4.37. The van der Waals surface area contributed by atoms with Gasteiger partial charge in [-0.15, -0.1) is 0 Å². The third-order valence-electron chi connectivity index (χ3n) is 3.81. The molecule has 0 aliphatic carbocycles. The molecule has 2 heterocycles. The molecule has 0 spiro atoms. The van der Waals surface area contributed by atoms with Crippen molar-refractivity contribution in [2.24, 2.45) is 0 Å². The van der Waals surface area contributed by atoms with Crippen LogP contribution in [0.1, 0.15) is 0 Å². The summed E-state index contributed by atoms with van der Waals surface area (Å²) in [6.07, 6.45) is 1.79. The Morgan fingerprint density at radius 2 is 1.82 bits per heavy atom. The van der Waals surface area contributed by atoms with Crippen LogP contribution in [0.2, 0.25) is 0 Å². The predicted molar refractivity (Wildman–Crippen MR) is 99.1 cm³/mol. The molecule has 22 heavy (non-hydrogen) atoms. The van der Waals surface area contributed by atoms with E-state index < -0.39 is 0 Å². The molecule has 0 saturated carbocycles. The predicted octanol–water partition coefficient (Wildman–Crippen LogP) is 4.10. The first-order chi connectivity index (χ1) is 10.6. The second-order valence-electron chi connectivity index (χ2n) is 5.42. The molecule has 1 aliphatic rings. The van der Waals surface area contributed by atoms with Crippen LogP contribution < -0.4 is 10.2 Å². The molecule has 1 saturated heterocycles. The maximum absolute atomic E-state index is 4.37. The summed E-state index contributed by atoms with van der Waals surface area (Å²) in [6.45, 7) is 4.29. The van der Waals surface area contributed by atoms with Crippen LogP contribution in [0.15, 0.2) is 45.5 Å². The van der Waals surface area contributed by atoms with Crippen LogP contribution in [0, 0.1) is 0 Å². The van der Waals surface area contributed by atoms with Gasteiger partial charge in [-0.1, -0.05) is 6.07 Å². The molecule has 1 aliphatic heterocycles. The highest BCUT2D eigenvalue weighted by atomic mass is 79.9. The Labute approximate surface area is 147 Å². The Morgan fingerprint density at radius 3 is 2.50 bits per heavy atom. The van der Waals surface area contributed by atoms with Crippen molar-refractivity contribution in [1.82, 2.24) is 9.88 Å². The number of nitrogens with zero attached hydrogens (tertiary/aromatic N) is 3. The lowest BCUT2D eigenvalue weighted by molar-refractivity contribution is 0.313. The van der Waals surface area contributed by atoms with Gasteiger partial charge in [0.1, 0.15) is 5.82 Å². The number of piperazine rings is 1. The van der Waals surface area contributed by atoms with Gasteiger partial charge in [0.05, 0.1) is 15.8 Å². The highest BCUT2D eigenvalue weighted by Gasteiger charge is 2.17. The summed E-state index contributed by atoms with van der Waals surface area (Å²) < 4.78 is 2.06. The number of anilines is 3. The van der Waals surface area contributed by atoms with E-state index in [1.54, 1.807) is 6.20 Å². The Hall–Kier alpha value is -1.11. The van der Waals surface area contributed by atoms with E-state index in [0.29, 0.717) is 0 Å². The summed E-state index contributed by atoms with van der Waals surface area (Å²) in [4.78, 5) is 9.15. The fourth-order valence-electron chi connectivity index (χ4n) is 2.50. The first kappa shape index (κ1) is 15.8. The largest absolute Gasteiger partial charge is 0.368 e. The van der Waals surface area contributed by atoms with Crippen LogP contribution >= 0.6 is 31.9 Å². The van der Waals surface area contributed by atoms with Gasteiger partial charge in [0, 0.05) is 36.8 Å². The summed E-state index contributed by atoms with van der Waals surface area (Å²) >= 11 is 7.15. The van der Waals surface area contributed by atoms with Crippen LogP contribution in [0.5, 0.6) is 0 Å². The van der Waals surface area contributed by atoms with E-state index in [-0.39, 0.29) is 0 Å². The molecule has 0 atom stereocenters. The number of halogens is 2. The molecule has 116 valence electrons. The fourth-order valence-corrected chi connectivity index (χ4v) is 3.34. The molecule has 0 bridgehead atoms. The zero-order chi connectivity index (χ0) is 15.5. The third-order valence-corrected chi connectivity index (χ3v) is 5.11. The van der Waals surface area contributed by atoms with Gasteiger partial charge >= 0.3 is 0 Å². The van der Waals surface area contributed by atoms with E-state index in [0.717, 1.165) is 46.6 Å². The number of pyridine rings is 1. The van der Waals surface area contributed by atoms with Crippen LogP contribution in [-0.4, -0.2) is 43.1 Å². The van der Waals surface area contributed by atoms with Gasteiger partial charge < -0.3 is 15.1 Å². The summed E-state index contributed by atoms with van der Waals surface area (Å²) in [7, 11) is 2.17. The van der Waals surface area contributed by atoms with Crippen molar-refractivity contribution in [1.29, 1.82) is 0 Å². The standard InChI is InChI=1S/C16H18Br2N4/c1-21-7-9-22(10-8-21)14-4-2-3-13(16(14)18)20-15-6-5-12(17)11-19-15/h2-6,11H,7-10H2,1H3,(H,19,20). The number of benzene rings is 1. The zero-order valence-electron chi connectivity index (χ0n) is 12.4. The lowest BCUT2D eigenvalue weighted by atomic mass is 10.2. The normalized spacial score (nSPS) is 15.9. The average molecular weight is 426 g/mol. The smallest absolute Gasteiger partial charge is 0.130 e. The number of likely N-dealkylation sites (N-methyl/N-ethyl adjacent to an activating group) is 1. The Balaban J connectivity index is 1.81. The molecular formula is C16H18Br2N4. The Morgan fingerprint density at radius 1 is 1.05 bits per heavy atom. The molecule has 1 aromatic carbocycles. The average Bonchev–Trinajstić information content (AvgIpc) is 2.53. The van der Waals surface area contributed by atoms with Gasteiger partial charge in [-0.05, 0) is 63.2 Å². The van der Waals surface area contributed by atoms with Crippen molar-refractivity contribution >= 4 is 49.1 Å². The zero-order valence-corrected chi connectivity index (χ0v) is 15.6. The van der Waals surface area contributed by atoms with E-state index >= 15 is 0 Å². The van der Waals surface area contributed by atoms with Gasteiger partial charge in [0.2, 0.25) is 0 Å². The molecule has 2 aromatic rings.